The predicted octanol–water partition coefficient (Wildman–Crippen LogP) is -11.8. The highest BCUT2D eigenvalue weighted by Crippen LogP contribution is 2.43. The summed E-state index contributed by atoms with van der Waals surface area (Å²) < 4.78 is 65.8. The molecule has 0 aromatic heterocycles. The maximum atomic E-state index is 12.0. The second kappa shape index (κ2) is 21.0. The molecule has 5 fully saturated rings. The number of hydrogen-bond donors (Lipinski definition) is 18. The third-order valence-electron chi connectivity index (χ3n) is 10.5. The average molecular weight is 909 g/mol. The van der Waals surface area contributed by atoms with Crippen LogP contribution in [0.5, 0.6) is 0 Å². The Bertz CT molecular complexity index is 1380. The van der Waals surface area contributed by atoms with Crippen molar-refractivity contribution in [3.63, 3.8) is 0 Å². The highest BCUT2D eigenvalue weighted by Gasteiger charge is 2.57. The molecule has 352 valence electrons. The second-order valence-corrected chi connectivity index (χ2v) is 15.7. The van der Waals surface area contributed by atoms with Crippen LogP contribution in [0, 0.1) is 0 Å². The van der Waals surface area contributed by atoms with Gasteiger partial charge in [-0.1, -0.05) is 0 Å². The molecule has 5 saturated heterocycles. The fourth-order valence-corrected chi connectivity index (χ4v) is 7.86. The van der Waals surface area contributed by atoms with Gasteiger partial charge in [-0.15, -0.1) is 0 Å². The number of ether oxygens (including phenoxy) is 9. The third kappa shape index (κ3) is 10.6. The van der Waals surface area contributed by atoms with Gasteiger partial charge in [0.05, 0.1) is 33.0 Å². The van der Waals surface area contributed by atoms with Crippen LogP contribution in [0.4, 0.5) is 0 Å². The molecule has 25 atom stereocenters. The largest absolute Gasteiger partial charge is 0.470 e. The van der Waals surface area contributed by atoms with E-state index in [0.29, 0.717) is 0 Å². The quantitative estimate of drug-likeness (QED) is 0.0678. The zero-order valence-electron chi connectivity index (χ0n) is 31.0. The molecule has 0 bridgehead atoms. The van der Waals surface area contributed by atoms with Crippen LogP contribution in [0.25, 0.3) is 0 Å². The minimum absolute atomic E-state index is 0.863. The van der Waals surface area contributed by atoms with Gasteiger partial charge in [-0.05, 0) is 0 Å². The van der Waals surface area contributed by atoms with E-state index in [1.807, 2.05) is 0 Å². The van der Waals surface area contributed by atoms with Gasteiger partial charge in [-0.3, -0.25) is 4.52 Å². The van der Waals surface area contributed by atoms with Crippen LogP contribution in [-0.4, -0.2) is 278 Å². The molecule has 29 nitrogen and oxygen atoms in total. The molecular weight excluding hydrogens is 855 g/mol. The summed E-state index contributed by atoms with van der Waals surface area (Å²) in [5, 5.41) is 166. The van der Waals surface area contributed by atoms with Gasteiger partial charge < -0.3 is 134 Å². The van der Waals surface area contributed by atoms with Gasteiger partial charge >= 0.3 is 7.82 Å². The van der Waals surface area contributed by atoms with E-state index in [1.165, 1.54) is 0 Å². The summed E-state index contributed by atoms with van der Waals surface area (Å²) in [6, 6.07) is 0. The van der Waals surface area contributed by atoms with Crippen LogP contribution in [0.15, 0.2) is 0 Å². The molecule has 0 aliphatic carbocycles. The molecule has 1 unspecified atom stereocenters. The Morgan fingerprint density at radius 3 is 1.07 bits per heavy atom. The Kier molecular flexibility index (Phi) is 17.5. The maximum Gasteiger partial charge on any atom is 0.470 e. The average Bonchev–Trinajstić information content (AvgIpc) is 3.21. The summed E-state index contributed by atoms with van der Waals surface area (Å²) in [5.41, 5.74) is 0. The van der Waals surface area contributed by atoms with Crippen molar-refractivity contribution in [2.24, 2.45) is 0 Å². The molecule has 0 aromatic carbocycles. The van der Waals surface area contributed by atoms with Crippen molar-refractivity contribution < 1.29 is 143 Å². The van der Waals surface area contributed by atoms with E-state index >= 15 is 0 Å². The first-order valence-electron chi connectivity index (χ1n) is 18.4. The minimum atomic E-state index is -5.59. The van der Waals surface area contributed by atoms with Crippen LogP contribution < -0.4 is 0 Å². The van der Waals surface area contributed by atoms with E-state index in [-0.39, 0.29) is 0 Å². The zero-order valence-corrected chi connectivity index (χ0v) is 31.9. The van der Waals surface area contributed by atoms with E-state index in [4.69, 9.17) is 47.2 Å². The highest BCUT2D eigenvalue weighted by atomic mass is 31.2. The summed E-state index contributed by atoms with van der Waals surface area (Å²) in [6.07, 6.45) is -48.8. The van der Waals surface area contributed by atoms with Gasteiger partial charge in [-0.25, -0.2) is 4.57 Å². The van der Waals surface area contributed by atoms with Crippen molar-refractivity contribution in [1.29, 1.82) is 0 Å². The number of rotatable bonds is 15. The summed E-state index contributed by atoms with van der Waals surface area (Å²) in [7, 11) is -5.59. The Balaban J connectivity index is 1.28. The van der Waals surface area contributed by atoms with Crippen molar-refractivity contribution >= 4 is 7.82 Å². The van der Waals surface area contributed by atoms with E-state index in [9.17, 15) is 96.1 Å². The van der Waals surface area contributed by atoms with Gasteiger partial charge in [-0.2, -0.15) is 0 Å². The van der Waals surface area contributed by atoms with E-state index in [2.05, 4.69) is 0 Å². The predicted molar refractivity (Wildman–Crippen MR) is 177 cm³/mol. The maximum absolute atomic E-state index is 12.0. The van der Waals surface area contributed by atoms with E-state index in [0.717, 1.165) is 0 Å². The lowest BCUT2D eigenvalue weighted by molar-refractivity contribution is -0.392. The molecule has 18 N–H and O–H groups in total. The molecule has 60 heavy (non-hydrogen) atoms. The normalized spacial score (nSPS) is 50.7. The summed E-state index contributed by atoms with van der Waals surface area (Å²) in [4.78, 5) is 19.3. The number of aliphatic hydroxyl groups is 16. The Morgan fingerprint density at radius 1 is 0.350 bits per heavy atom. The van der Waals surface area contributed by atoms with Crippen LogP contribution in [0.2, 0.25) is 0 Å². The lowest BCUT2D eigenvalue weighted by atomic mass is 9.95. The molecular formula is C30H53O29P. The number of phosphoric ester groups is 1. The Morgan fingerprint density at radius 2 is 0.667 bits per heavy atom. The Labute approximate surface area is 337 Å². The second-order valence-electron chi connectivity index (χ2n) is 14.5. The monoisotopic (exact) mass is 908 g/mol. The number of phosphoric acid groups is 1. The van der Waals surface area contributed by atoms with Crippen molar-refractivity contribution in [2.75, 3.05) is 33.0 Å². The van der Waals surface area contributed by atoms with Gasteiger partial charge in [0, 0.05) is 0 Å². The molecule has 5 heterocycles. The molecule has 5 rings (SSSR count). The van der Waals surface area contributed by atoms with Crippen molar-refractivity contribution in [2.45, 2.75) is 154 Å². The van der Waals surface area contributed by atoms with Gasteiger partial charge in [0.15, 0.2) is 31.5 Å². The topological polar surface area (TPSA) is 474 Å². The molecule has 0 aromatic rings. The molecule has 0 spiro atoms. The van der Waals surface area contributed by atoms with Crippen LogP contribution in [0.3, 0.4) is 0 Å². The van der Waals surface area contributed by atoms with Crippen molar-refractivity contribution in [3.8, 4) is 0 Å². The first-order valence-corrected chi connectivity index (χ1v) is 19.9. The Hall–Kier alpha value is -0.890. The number of hydrogen-bond acceptors (Lipinski definition) is 27. The fourth-order valence-electron chi connectivity index (χ4n) is 7.30. The summed E-state index contributed by atoms with van der Waals surface area (Å²) in [6.45, 7) is -4.95. The van der Waals surface area contributed by atoms with Gasteiger partial charge in [0.2, 0.25) is 0 Å². The SMILES string of the molecule is O=P(O)(O)O[C@@H]1[C@@H](O)[C@@H](O[C@H]2[C@H](O)[C@@H](O)[C@@H](O[C@H]3[C@H](O)[C@@H](O)[C@@H](O[C@H]4[C@H](O)[C@@H](O)C(O)O[C@@H]4CO)O[C@@H]3CO)O[C@@H]2CO)O[C@H](CO)[C@H]1O[C@H]1O[C@H](CO)[C@@H](O)[C@H](O)[C@H]1O. The summed E-state index contributed by atoms with van der Waals surface area (Å²) >= 11 is 0. The van der Waals surface area contributed by atoms with Crippen LogP contribution >= 0.6 is 7.82 Å². The minimum Gasteiger partial charge on any atom is -0.394 e. The molecule has 0 amide bonds. The first-order chi connectivity index (χ1) is 28.2. The zero-order chi connectivity index (χ0) is 44.5. The molecule has 30 heteroatoms. The molecule has 5 aliphatic rings. The molecule has 5 aliphatic heterocycles. The highest BCUT2D eigenvalue weighted by molar-refractivity contribution is 7.46. The lowest BCUT2D eigenvalue weighted by Gasteiger charge is -2.49. The molecule has 0 saturated carbocycles. The van der Waals surface area contributed by atoms with E-state index < -0.39 is 194 Å². The fraction of sp³-hybridized carbons (Fsp3) is 1.00. The standard InChI is InChI=1S/C30H53O29P/c31-1-6-11(36)12(37)17(42)27(51-6)58-24-10(5-35)54-30(20(45)25(24)59-60(47,48)49)57-23-9(4-34)53-29(19(44)15(23)40)56-22-8(3-33)52-28(18(43)14(22)39)55-21-7(2-32)50-26(46)16(41)13(21)38/h6-46H,1-5H2,(H2,47,48,49)/t6-,7-,8-,9-,10-,11-,12+,13-,14-,15-,16-,17-,18-,19-,20-,21-,22-,23-,24-,25-,26?,27-,28-,29-,30-/m1/s1. The van der Waals surface area contributed by atoms with Crippen molar-refractivity contribution in [1.82, 2.24) is 0 Å². The summed E-state index contributed by atoms with van der Waals surface area (Å²) in [5.74, 6) is 0. The van der Waals surface area contributed by atoms with Crippen LogP contribution in [0.1, 0.15) is 0 Å². The first kappa shape index (κ1) is 50.1. The van der Waals surface area contributed by atoms with Crippen molar-refractivity contribution in [3.05, 3.63) is 0 Å². The smallest absolute Gasteiger partial charge is 0.394 e. The van der Waals surface area contributed by atoms with E-state index in [1.54, 1.807) is 0 Å². The van der Waals surface area contributed by atoms with Crippen LogP contribution in [-0.2, 0) is 51.7 Å². The number of aliphatic hydroxyl groups excluding tert-OH is 16. The third-order valence-corrected chi connectivity index (χ3v) is 11.1. The molecule has 0 radical (unpaired) electrons. The lowest BCUT2D eigenvalue weighted by Crippen LogP contribution is -2.68. The van der Waals surface area contributed by atoms with Gasteiger partial charge in [0.25, 0.3) is 0 Å². The van der Waals surface area contributed by atoms with Gasteiger partial charge in [0.1, 0.15) is 122 Å².